The summed E-state index contributed by atoms with van der Waals surface area (Å²) in [6.07, 6.45) is 2.75. The molecular formula is C31H39N5O4. The molecule has 0 spiro atoms. The second-order valence-electron chi connectivity index (χ2n) is 11.9. The van der Waals surface area contributed by atoms with E-state index in [0.29, 0.717) is 30.2 Å². The number of likely N-dealkylation sites (tertiary alicyclic amines) is 1. The third kappa shape index (κ3) is 5.64. The topological polar surface area (TPSA) is 96.4 Å². The minimum absolute atomic E-state index is 0.119. The molecule has 4 heterocycles. The molecule has 0 bridgehead atoms. The smallest absolute Gasteiger partial charge is 0.255 e. The summed E-state index contributed by atoms with van der Waals surface area (Å²) in [6, 6.07) is 11.6. The number of phenols is 1. The Hall–Kier alpha value is -3.27. The molecule has 2 aromatic rings. The van der Waals surface area contributed by atoms with Crippen molar-refractivity contribution in [2.24, 2.45) is 0 Å². The number of likely N-dealkylation sites (N-methyl/N-ethyl adjacent to an activating group) is 1. The Bertz CT molecular complexity index is 1300. The molecule has 0 radical (unpaired) electrons. The van der Waals surface area contributed by atoms with Gasteiger partial charge in [-0.2, -0.15) is 0 Å². The lowest BCUT2D eigenvalue weighted by Crippen LogP contribution is -2.52. The SMILES string of the molecule is CN1CCN(Cc2cc(CN3CCC(c4ccc5c(c4)CN(C4CCC(=O)NC4=O)C5=O)CC3)ccc2O)CC1. The van der Waals surface area contributed by atoms with Crippen LogP contribution in [-0.2, 0) is 29.2 Å². The molecule has 40 heavy (non-hydrogen) atoms. The van der Waals surface area contributed by atoms with Gasteiger partial charge in [0.25, 0.3) is 5.91 Å². The molecular weight excluding hydrogens is 506 g/mol. The number of hydrogen-bond acceptors (Lipinski definition) is 7. The standard InChI is InChI=1S/C31H39N5O4/c1-33-12-14-35(15-13-33)19-25-16-21(2-6-28(25)37)18-34-10-8-22(9-11-34)23-3-4-26-24(17-23)20-36(31(26)40)27-5-7-29(38)32-30(27)39/h2-4,6,16-17,22,27,37H,5,7-15,18-20H2,1H3,(H,32,38,39). The maximum atomic E-state index is 13.0. The van der Waals surface area contributed by atoms with Crippen LogP contribution in [0, 0.1) is 0 Å². The highest BCUT2D eigenvalue weighted by Gasteiger charge is 2.39. The maximum Gasteiger partial charge on any atom is 0.255 e. The minimum atomic E-state index is -0.578. The summed E-state index contributed by atoms with van der Waals surface area (Å²) in [5.41, 5.74) is 5.16. The van der Waals surface area contributed by atoms with Crippen molar-refractivity contribution in [3.8, 4) is 5.75 Å². The quantitative estimate of drug-likeness (QED) is 0.538. The average molecular weight is 546 g/mol. The number of hydrogen-bond donors (Lipinski definition) is 2. The van der Waals surface area contributed by atoms with E-state index < -0.39 is 6.04 Å². The van der Waals surface area contributed by atoms with Gasteiger partial charge in [-0.3, -0.25) is 29.5 Å². The summed E-state index contributed by atoms with van der Waals surface area (Å²) < 4.78 is 0. The van der Waals surface area contributed by atoms with Crippen LogP contribution in [0.15, 0.2) is 36.4 Å². The number of rotatable bonds is 6. The van der Waals surface area contributed by atoms with Gasteiger partial charge in [0.1, 0.15) is 11.8 Å². The zero-order valence-electron chi connectivity index (χ0n) is 23.3. The molecule has 3 saturated heterocycles. The Morgan fingerprint density at radius 2 is 1.62 bits per heavy atom. The molecule has 1 atom stereocenters. The van der Waals surface area contributed by atoms with Crippen LogP contribution in [0.4, 0.5) is 0 Å². The summed E-state index contributed by atoms with van der Waals surface area (Å²) in [7, 11) is 2.15. The van der Waals surface area contributed by atoms with Gasteiger partial charge in [0.2, 0.25) is 11.8 Å². The number of piperazine rings is 1. The van der Waals surface area contributed by atoms with Gasteiger partial charge in [0.05, 0.1) is 0 Å². The summed E-state index contributed by atoms with van der Waals surface area (Å²) >= 11 is 0. The fourth-order valence-corrected chi connectivity index (χ4v) is 6.64. The first kappa shape index (κ1) is 26.9. The van der Waals surface area contributed by atoms with Gasteiger partial charge in [-0.05, 0) is 80.2 Å². The van der Waals surface area contributed by atoms with Crippen LogP contribution in [0.2, 0.25) is 0 Å². The number of carbonyl (C=O) groups excluding carboxylic acids is 3. The van der Waals surface area contributed by atoms with E-state index in [9.17, 15) is 19.5 Å². The molecule has 3 amide bonds. The highest BCUT2D eigenvalue weighted by atomic mass is 16.3. The Morgan fingerprint density at radius 1 is 0.875 bits per heavy atom. The van der Waals surface area contributed by atoms with Crippen LogP contribution in [0.3, 0.4) is 0 Å². The maximum absolute atomic E-state index is 13.0. The molecule has 9 heteroatoms. The van der Waals surface area contributed by atoms with Crippen LogP contribution in [0.5, 0.6) is 5.75 Å². The Balaban J connectivity index is 1.04. The van der Waals surface area contributed by atoms with Gasteiger partial charge in [-0.15, -0.1) is 0 Å². The number of benzene rings is 2. The molecule has 0 aliphatic carbocycles. The monoisotopic (exact) mass is 545 g/mol. The van der Waals surface area contributed by atoms with E-state index in [1.807, 2.05) is 18.2 Å². The van der Waals surface area contributed by atoms with Gasteiger partial charge in [-0.25, -0.2) is 0 Å². The lowest BCUT2D eigenvalue weighted by atomic mass is 9.87. The van der Waals surface area contributed by atoms with E-state index in [-0.39, 0.29) is 24.1 Å². The van der Waals surface area contributed by atoms with Crippen molar-refractivity contribution in [1.29, 1.82) is 0 Å². The second-order valence-corrected chi connectivity index (χ2v) is 11.9. The molecule has 2 aromatic carbocycles. The third-order valence-electron chi connectivity index (χ3n) is 9.15. The lowest BCUT2D eigenvalue weighted by Gasteiger charge is -2.33. The third-order valence-corrected chi connectivity index (χ3v) is 9.15. The number of imide groups is 1. The van der Waals surface area contributed by atoms with Crippen molar-refractivity contribution in [2.45, 2.75) is 57.3 Å². The van der Waals surface area contributed by atoms with E-state index in [1.165, 1.54) is 11.1 Å². The number of carbonyl (C=O) groups is 3. The van der Waals surface area contributed by atoms with E-state index in [0.717, 1.165) is 76.3 Å². The highest BCUT2D eigenvalue weighted by Crippen LogP contribution is 2.34. The first-order valence-electron chi connectivity index (χ1n) is 14.6. The first-order chi connectivity index (χ1) is 19.3. The minimum Gasteiger partial charge on any atom is -0.508 e. The van der Waals surface area contributed by atoms with Gasteiger partial charge in [0.15, 0.2) is 0 Å². The molecule has 1 unspecified atom stereocenters. The van der Waals surface area contributed by atoms with Crippen molar-refractivity contribution < 1.29 is 19.5 Å². The number of piperidine rings is 2. The van der Waals surface area contributed by atoms with Crippen LogP contribution < -0.4 is 5.32 Å². The van der Waals surface area contributed by atoms with E-state index in [4.69, 9.17) is 0 Å². The number of amides is 3. The number of phenolic OH excluding ortho intramolecular Hbond substituents is 1. The van der Waals surface area contributed by atoms with Gasteiger partial charge >= 0.3 is 0 Å². The van der Waals surface area contributed by atoms with E-state index in [2.05, 4.69) is 45.3 Å². The predicted octanol–water partition coefficient (Wildman–Crippen LogP) is 2.28. The summed E-state index contributed by atoms with van der Waals surface area (Å²) in [5.74, 6) is 0.0638. The molecule has 6 rings (SSSR count). The first-order valence-corrected chi connectivity index (χ1v) is 14.6. The fraction of sp³-hybridized carbons (Fsp3) is 0.516. The molecule has 212 valence electrons. The van der Waals surface area contributed by atoms with Gasteiger partial charge in [-0.1, -0.05) is 18.2 Å². The van der Waals surface area contributed by atoms with Crippen LogP contribution >= 0.6 is 0 Å². The van der Waals surface area contributed by atoms with Crippen molar-refractivity contribution in [2.75, 3.05) is 46.3 Å². The molecule has 9 nitrogen and oxygen atoms in total. The normalized spacial score (nSPS) is 23.5. The van der Waals surface area contributed by atoms with Crippen molar-refractivity contribution in [3.63, 3.8) is 0 Å². The zero-order chi connectivity index (χ0) is 27.8. The lowest BCUT2D eigenvalue weighted by molar-refractivity contribution is -0.136. The second kappa shape index (κ2) is 11.3. The van der Waals surface area contributed by atoms with Crippen LogP contribution in [-0.4, -0.2) is 94.8 Å². The molecule has 3 fully saturated rings. The van der Waals surface area contributed by atoms with Crippen LogP contribution in [0.25, 0.3) is 0 Å². The van der Waals surface area contributed by atoms with Crippen LogP contribution in [0.1, 0.15) is 64.2 Å². The average Bonchev–Trinajstić information content (AvgIpc) is 3.27. The molecule has 2 N–H and O–H groups in total. The summed E-state index contributed by atoms with van der Waals surface area (Å²) in [4.78, 5) is 45.8. The number of aromatic hydroxyl groups is 1. The fourth-order valence-electron chi connectivity index (χ4n) is 6.64. The Labute approximate surface area is 235 Å². The number of nitrogens with one attached hydrogen (secondary N) is 1. The largest absolute Gasteiger partial charge is 0.508 e. The molecule has 4 aliphatic rings. The van der Waals surface area contributed by atoms with Gasteiger partial charge in [0, 0.05) is 63.4 Å². The van der Waals surface area contributed by atoms with Crippen molar-refractivity contribution >= 4 is 17.7 Å². The Morgan fingerprint density at radius 3 is 2.38 bits per heavy atom. The molecule has 0 saturated carbocycles. The molecule has 4 aliphatic heterocycles. The Kier molecular flexibility index (Phi) is 7.61. The summed E-state index contributed by atoms with van der Waals surface area (Å²) in [6.45, 7) is 8.26. The van der Waals surface area contributed by atoms with Crippen molar-refractivity contribution in [3.05, 3.63) is 64.2 Å². The molecule has 0 aromatic heterocycles. The van der Waals surface area contributed by atoms with Gasteiger partial charge < -0.3 is 14.9 Å². The number of nitrogens with zero attached hydrogens (tertiary/aromatic N) is 4. The predicted molar refractivity (Wildman–Crippen MR) is 151 cm³/mol. The van der Waals surface area contributed by atoms with Crippen molar-refractivity contribution in [1.82, 2.24) is 24.9 Å². The summed E-state index contributed by atoms with van der Waals surface area (Å²) in [5, 5.41) is 12.8. The zero-order valence-corrected chi connectivity index (χ0v) is 23.3. The van der Waals surface area contributed by atoms with E-state index in [1.54, 1.807) is 4.90 Å². The number of fused-ring (bicyclic) bond motifs is 1. The highest BCUT2D eigenvalue weighted by molar-refractivity contribution is 6.05. The van der Waals surface area contributed by atoms with E-state index >= 15 is 0 Å².